The number of methoxy groups -OCH3 is 3. The van der Waals surface area contributed by atoms with Crippen LogP contribution in [0.4, 0.5) is 11.6 Å². The highest BCUT2D eigenvalue weighted by Gasteiger charge is 2.17. The second-order valence-electron chi connectivity index (χ2n) is 6.46. The zero-order valence-electron chi connectivity index (χ0n) is 19.3. The molecule has 2 heterocycles. The fourth-order valence-corrected chi connectivity index (χ4v) is 2.52. The number of carbonyl (C=O) groups is 4. The molecule has 0 bridgehead atoms. The van der Waals surface area contributed by atoms with E-state index < -0.39 is 35.9 Å². The van der Waals surface area contributed by atoms with Crippen molar-refractivity contribution in [1.29, 1.82) is 0 Å². The average Bonchev–Trinajstić information content (AvgIpc) is 2.81. The lowest BCUT2D eigenvalue weighted by Gasteiger charge is -2.12. The number of nitrogens with two attached hydrogens (primary N) is 1. The maximum absolute atomic E-state index is 11.3. The van der Waals surface area contributed by atoms with Crippen molar-refractivity contribution in [1.82, 2.24) is 19.9 Å². The van der Waals surface area contributed by atoms with Crippen LogP contribution in [0.1, 0.15) is 34.8 Å². The number of carbonyl (C=O) groups excluding carboxylic acids is 4. The molecule has 14 nitrogen and oxygen atoms in total. The van der Waals surface area contributed by atoms with Crippen LogP contribution < -0.4 is 16.4 Å². The number of amides is 1. The summed E-state index contributed by atoms with van der Waals surface area (Å²) in [5, 5.41) is 5.16. The van der Waals surface area contributed by atoms with E-state index in [1.165, 1.54) is 33.5 Å². The quantitative estimate of drug-likeness (QED) is 0.248. The van der Waals surface area contributed by atoms with Crippen molar-refractivity contribution in [3.8, 4) is 0 Å². The maximum atomic E-state index is 11.3. The molecule has 2 rings (SSSR count). The topological polar surface area (TPSA) is 198 Å². The molecule has 0 unspecified atom stereocenters. The van der Waals surface area contributed by atoms with Crippen molar-refractivity contribution in [2.45, 2.75) is 25.9 Å². The maximum Gasteiger partial charge on any atom is 0.356 e. The molecular weight excluding hydrogens is 509 g/mol. The highest BCUT2D eigenvalue weighted by atomic mass is 35.5. The molecule has 1 amide bonds. The molecule has 0 aromatic carbocycles. The second kappa shape index (κ2) is 13.8. The van der Waals surface area contributed by atoms with Gasteiger partial charge in [0.2, 0.25) is 16.5 Å². The minimum absolute atomic E-state index is 0.00272. The van der Waals surface area contributed by atoms with E-state index >= 15 is 0 Å². The number of primary amides is 1. The molecule has 16 heteroatoms. The first-order chi connectivity index (χ1) is 16.4. The van der Waals surface area contributed by atoms with Gasteiger partial charge in [-0.1, -0.05) is 0 Å². The second-order valence-corrected chi connectivity index (χ2v) is 7.13. The zero-order valence-corrected chi connectivity index (χ0v) is 20.8. The van der Waals surface area contributed by atoms with Crippen molar-refractivity contribution in [3.63, 3.8) is 0 Å². The van der Waals surface area contributed by atoms with Gasteiger partial charge in [-0.25, -0.2) is 34.3 Å². The lowest BCUT2D eigenvalue weighted by Crippen LogP contribution is -2.32. The number of hydrogen-bond acceptors (Lipinski definition) is 13. The summed E-state index contributed by atoms with van der Waals surface area (Å²) in [5.74, 6) is -1.87. The molecule has 0 aliphatic heterocycles. The van der Waals surface area contributed by atoms with E-state index in [9.17, 15) is 19.2 Å². The van der Waals surface area contributed by atoms with Crippen molar-refractivity contribution in [3.05, 3.63) is 34.1 Å². The average molecular weight is 532 g/mol. The molecule has 0 aliphatic carbocycles. The smallest absolute Gasteiger partial charge is 0.356 e. The molecule has 0 saturated carbocycles. The monoisotopic (exact) mass is 531 g/mol. The van der Waals surface area contributed by atoms with Crippen LogP contribution in [0.5, 0.6) is 0 Å². The minimum atomic E-state index is -0.649. The van der Waals surface area contributed by atoms with Crippen molar-refractivity contribution < 1.29 is 33.4 Å². The normalized spacial score (nSPS) is 11.6. The zero-order chi connectivity index (χ0) is 26.7. The van der Waals surface area contributed by atoms with Gasteiger partial charge in [0.1, 0.15) is 23.7 Å². The fraction of sp³-hybridized carbons (Fsp3) is 0.368. The standard InChI is InChI=1S/C10H12ClN3O4.C9H11ClN4O3/c1-5(8(15)17-2)12-7-4-6(9(16)18-3)13-10(11)14-7;1-4(7(11)15)12-6-3-5(8(16)17-2)13-9(10)14-6/h4-5H,1-3H3,(H,12,13,14);3-4H,1-2H3,(H2,11,15)(H,12,13,14)/t5-;4-/m00/s1. The Morgan fingerprint density at radius 1 is 0.771 bits per heavy atom. The summed E-state index contributed by atoms with van der Waals surface area (Å²) in [7, 11) is 3.72. The fourth-order valence-electron chi connectivity index (χ4n) is 2.15. The van der Waals surface area contributed by atoms with E-state index in [1.54, 1.807) is 13.8 Å². The predicted octanol–water partition coefficient (Wildman–Crippen LogP) is 1.09. The van der Waals surface area contributed by atoms with Crippen molar-refractivity contribution in [2.24, 2.45) is 5.73 Å². The van der Waals surface area contributed by atoms with Crippen LogP contribution in [0.3, 0.4) is 0 Å². The Balaban J connectivity index is 0.000000351. The number of nitrogens with one attached hydrogen (secondary N) is 2. The van der Waals surface area contributed by atoms with E-state index in [0.717, 1.165) is 0 Å². The molecular formula is C19H23Cl2N7O7. The number of ether oxygens (including phenoxy) is 3. The van der Waals surface area contributed by atoms with Crippen molar-refractivity contribution in [2.75, 3.05) is 32.0 Å². The summed E-state index contributed by atoms with van der Waals surface area (Å²) < 4.78 is 13.5. The molecule has 190 valence electrons. The molecule has 0 aliphatic rings. The molecule has 2 aromatic rings. The minimum Gasteiger partial charge on any atom is -0.467 e. The van der Waals surface area contributed by atoms with E-state index in [4.69, 9.17) is 28.9 Å². The number of halogens is 2. The van der Waals surface area contributed by atoms with Gasteiger partial charge in [-0.2, -0.15) is 0 Å². The van der Waals surface area contributed by atoms with Crippen LogP contribution in [-0.4, -0.2) is 77.2 Å². The molecule has 2 atom stereocenters. The molecule has 0 saturated heterocycles. The van der Waals surface area contributed by atoms with Crippen LogP contribution in [0.2, 0.25) is 10.6 Å². The third kappa shape index (κ3) is 9.54. The number of hydrogen-bond donors (Lipinski definition) is 3. The van der Waals surface area contributed by atoms with Gasteiger partial charge >= 0.3 is 17.9 Å². The number of anilines is 2. The summed E-state index contributed by atoms with van der Waals surface area (Å²) in [5.41, 5.74) is 5.07. The SMILES string of the molecule is COC(=O)c1cc(N[C@@H](C)C(=O)OC)nc(Cl)n1.COC(=O)c1cc(N[C@@H](C)C(N)=O)nc(Cl)n1. The van der Waals surface area contributed by atoms with Gasteiger partial charge in [0.15, 0.2) is 11.4 Å². The highest BCUT2D eigenvalue weighted by Crippen LogP contribution is 2.13. The third-order valence-corrected chi connectivity index (χ3v) is 4.24. The largest absolute Gasteiger partial charge is 0.467 e. The number of esters is 3. The number of nitrogens with zero attached hydrogens (tertiary/aromatic N) is 4. The Morgan fingerprint density at radius 2 is 1.17 bits per heavy atom. The van der Waals surface area contributed by atoms with Gasteiger partial charge in [0.25, 0.3) is 0 Å². The van der Waals surface area contributed by atoms with E-state index in [0.29, 0.717) is 0 Å². The first-order valence-corrected chi connectivity index (χ1v) is 10.3. The molecule has 35 heavy (non-hydrogen) atoms. The summed E-state index contributed by atoms with van der Waals surface area (Å²) in [6.07, 6.45) is 0. The predicted molar refractivity (Wildman–Crippen MR) is 124 cm³/mol. The van der Waals surface area contributed by atoms with Crippen LogP contribution >= 0.6 is 23.2 Å². The molecule has 4 N–H and O–H groups in total. The highest BCUT2D eigenvalue weighted by molar-refractivity contribution is 6.28. The van der Waals surface area contributed by atoms with E-state index in [-0.39, 0.29) is 33.6 Å². The van der Waals surface area contributed by atoms with Crippen LogP contribution in [0.15, 0.2) is 12.1 Å². The van der Waals surface area contributed by atoms with Gasteiger partial charge in [-0.15, -0.1) is 0 Å². The summed E-state index contributed by atoms with van der Waals surface area (Å²) in [4.78, 5) is 59.6. The van der Waals surface area contributed by atoms with Crippen LogP contribution in [0.25, 0.3) is 0 Å². The summed E-state index contributed by atoms with van der Waals surface area (Å²) in [6, 6.07) is 1.37. The van der Waals surface area contributed by atoms with Crippen molar-refractivity contribution >= 4 is 58.7 Å². The molecule has 2 aromatic heterocycles. The molecule has 0 spiro atoms. The molecule has 0 radical (unpaired) electrons. The van der Waals surface area contributed by atoms with Gasteiger partial charge < -0.3 is 30.6 Å². The van der Waals surface area contributed by atoms with Gasteiger partial charge in [-0.05, 0) is 37.0 Å². The van der Waals surface area contributed by atoms with Gasteiger partial charge in [0, 0.05) is 12.1 Å². The van der Waals surface area contributed by atoms with E-state index in [2.05, 4.69) is 44.8 Å². The van der Waals surface area contributed by atoms with Crippen LogP contribution in [0, 0.1) is 0 Å². The Kier molecular flexibility index (Phi) is 11.5. The Labute approximate surface area is 209 Å². The Hall–Kier alpha value is -3.78. The summed E-state index contributed by atoms with van der Waals surface area (Å²) in [6.45, 7) is 3.13. The Morgan fingerprint density at radius 3 is 1.51 bits per heavy atom. The lowest BCUT2D eigenvalue weighted by atomic mass is 10.3. The van der Waals surface area contributed by atoms with Crippen LogP contribution in [-0.2, 0) is 23.8 Å². The van der Waals surface area contributed by atoms with E-state index in [1.807, 2.05) is 0 Å². The van der Waals surface area contributed by atoms with Gasteiger partial charge in [-0.3, -0.25) is 4.79 Å². The number of rotatable bonds is 8. The Bertz CT molecular complexity index is 1090. The first kappa shape index (κ1) is 29.3. The third-order valence-electron chi connectivity index (χ3n) is 3.90. The first-order valence-electron chi connectivity index (χ1n) is 9.57. The number of aromatic nitrogens is 4. The summed E-state index contributed by atoms with van der Waals surface area (Å²) >= 11 is 11.3. The lowest BCUT2D eigenvalue weighted by molar-refractivity contribution is -0.141. The molecule has 0 fully saturated rings. The van der Waals surface area contributed by atoms with Gasteiger partial charge in [0.05, 0.1) is 21.3 Å².